The fourth-order valence-electron chi connectivity index (χ4n) is 0.0823. The Balaban J connectivity index is 0. The Hall–Kier alpha value is 0.163. The Morgan fingerprint density at radius 2 is 2.00 bits per heavy atom. The number of aliphatic carboxylic acids is 1. The third-order valence-electron chi connectivity index (χ3n) is 0.394. The molecule has 0 saturated carbocycles. The van der Waals surface area contributed by atoms with E-state index >= 15 is 0 Å². The van der Waals surface area contributed by atoms with Crippen LogP contribution in [0.15, 0.2) is 0 Å². The van der Waals surface area contributed by atoms with E-state index in [1.54, 1.807) is 0 Å². The van der Waals surface area contributed by atoms with Crippen LogP contribution in [0.4, 0.5) is 0 Å². The number of rotatable bonds is 2. The molecule has 0 aromatic rings. The molecule has 0 aliphatic rings. The maximum Gasteiger partial charge on any atom is 2.00 e. The SMILES string of the molecule is O=C(O)C(O)S(=O)[O-].[Zn+2]. The molecule has 0 aromatic heterocycles. The number of carbonyl (C=O) groups is 1. The number of hydrogen-bond acceptors (Lipinski definition) is 4. The van der Waals surface area contributed by atoms with E-state index < -0.39 is 22.5 Å². The maximum atomic E-state index is 9.51. The molecule has 0 aliphatic heterocycles. The van der Waals surface area contributed by atoms with Crippen molar-refractivity contribution in [1.29, 1.82) is 0 Å². The van der Waals surface area contributed by atoms with Gasteiger partial charge in [0.1, 0.15) is 0 Å². The maximum absolute atomic E-state index is 9.51. The van der Waals surface area contributed by atoms with Crippen LogP contribution in [0, 0.1) is 0 Å². The van der Waals surface area contributed by atoms with E-state index in [9.17, 15) is 13.6 Å². The molecule has 0 bridgehead atoms. The van der Waals surface area contributed by atoms with Crippen molar-refractivity contribution in [3.05, 3.63) is 0 Å². The molecule has 48 valence electrons. The van der Waals surface area contributed by atoms with Crippen molar-refractivity contribution in [3.8, 4) is 0 Å². The summed E-state index contributed by atoms with van der Waals surface area (Å²) in [5, 5.41) is 15.7. The first-order chi connectivity index (χ1) is 3.55. The van der Waals surface area contributed by atoms with Gasteiger partial charge in [0.2, 0.25) is 5.44 Å². The predicted octanol–water partition coefficient (Wildman–Crippen LogP) is -1.73. The zero-order valence-electron chi connectivity index (χ0n) is 4.31. The molecule has 9 heavy (non-hydrogen) atoms. The summed E-state index contributed by atoms with van der Waals surface area (Å²) in [6.45, 7) is 0. The molecular weight excluding hydrogens is 201 g/mol. The fourth-order valence-corrected chi connectivity index (χ4v) is 0.247. The smallest absolute Gasteiger partial charge is 0.770 e. The van der Waals surface area contributed by atoms with Crippen molar-refractivity contribution in [3.63, 3.8) is 0 Å². The molecule has 0 spiro atoms. The molecule has 7 heteroatoms. The third kappa shape index (κ3) is 4.65. The van der Waals surface area contributed by atoms with Crippen molar-refractivity contribution in [2.24, 2.45) is 0 Å². The van der Waals surface area contributed by atoms with Crippen LogP contribution in [-0.4, -0.2) is 30.4 Å². The number of carboxylic acids is 1. The molecule has 2 N–H and O–H groups in total. The molecule has 0 heterocycles. The molecular formula is C2H3O5SZn+. The quantitative estimate of drug-likeness (QED) is 0.411. The second-order valence-corrected chi connectivity index (χ2v) is 1.92. The van der Waals surface area contributed by atoms with Crippen LogP contribution < -0.4 is 0 Å². The van der Waals surface area contributed by atoms with Crippen LogP contribution in [0.1, 0.15) is 0 Å². The number of hydrogen-bond donors (Lipinski definition) is 2. The summed E-state index contributed by atoms with van der Waals surface area (Å²) in [5.41, 5.74) is -2.30. The van der Waals surface area contributed by atoms with E-state index in [0.29, 0.717) is 0 Å². The Morgan fingerprint density at radius 1 is 1.67 bits per heavy atom. The average molecular weight is 204 g/mol. The van der Waals surface area contributed by atoms with Crippen LogP contribution in [0.3, 0.4) is 0 Å². The van der Waals surface area contributed by atoms with Gasteiger partial charge < -0.3 is 14.8 Å². The Kier molecular flexibility index (Phi) is 6.60. The van der Waals surface area contributed by atoms with Crippen LogP contribution in [0.5, 0.6) is 0 Å². The minimum Gasteiger partial charge on any atom is -0.770 e. The first-order valence-electron chi connectivity index (χ1n) is 1.54. The molecule has 0 rings (SSSR count). The topological polar surface area (TPSA) is 97.7 Å². The molecule has 2 unspecified atom stereocenters. The Morgan fingerprint density at radius 3 is 2.00 bits per heavy atom. The van der Waals surface area contributed by atoms with Crippen molar-refractivity contribution in [1.82, 2.24) is 0 Å². The Labute approximate surface area is 66.1 Å². The van der Waals surface area contributed by atoms with E-state index in [0.717, 1.165) is 0 Å². The molecule has 5 nitrogen and oxygen atoms in total. The second-order valence-electron chi connectivity index (χ2n) is 0.951. The second kappa shape index (κ2) is 4.99. The summed E-state index contributed by atoms with van der Waals surface area (Å²) < 4.78 is 19.0. The van der Waals surface area contributed by atoms with E-state index in [-0.39, 0.29) is 19.5 Å². The van der Waals surface area contributed by atoms with Crippen LogP contribution in [0.25, 0.3) is 0 Å². The zero-order valence-corrected chi connectivity index (χ0v) is 8.10. The van der Waals surface area contributed by atoms with Crippen molar-refractivity contribution in [2.75, 3.05) is 0 Å². The molecule has 0 saturated heterocycles. The number of aliphatic hydroxyl groups is 1. The standard InChI is InChI=1S/C2H4O5S.Zn/c3-1(4)2(5)8(6)7;/h2,5H,(H,3,4)(H,6,7);/q;+2/p-1. The van der Waals surface area contributed by atoms with Crippen LogP contribution in [0.2, 0.25) is 0 Å². The summed E-state index contributed by atoms with van der Waals surface area (Å²) in [4.78, 5) is 9.50. The molecule has 0 radical (unpaired) electrons. The van der Waals surface area contributed by atoms with E-state index in [1.807, 2.05) is 0 Å². The van der Waals surface area contributed by atoms with Crippen molar-refractivity contribution < 1.29 is 43.2 Å². The van der Waals surface area contributed by atoms with Gasteiger partial charge in [0.05, 0.1) is 0 Å². The fraction of sp³-hybridized carbons (Fsp3) is 0.500. The largest absolute Gasteiger partial charge is 2.00 e. The molecule has 0 amide bonds. The average Bonchev–Trinajstić information content (AvgIpc) is 1.64. The van der Waals surface area contributed by atoms with Crippen LogP contribution in [-0.2, 0) is 35.4 Å². The minimum absolute atomic E-state index is 0. The summed E-state index contributed by atoms with van der Waals surface area (Å²) >= 11 is -2.93. The van der Waals surface area contributed by atoms with Gasteiger partial charge in [-0.25, -0.2) is 4.79 Å². The summed E-state index contributed by atoms with van der Waals surface area (Å²) in [5.74, 6) is -1.77. The summed E-state index contributed by atoms with van der Waals surface area (Å²) in [6, 6.07) is 0. The summed E-state index contributed by atoms with van der Waals surface area (Å²) in [6.07, 6.45) is 0. The normalized spacial score (nSPS) is 15.3. The zero-order chi connectivity index (χ0) is 6.73. The molecule has 0 fully saturated rings. The van der Waals surface area contributed by atoms with E-state index in [2.05, 4.69) is 0 Å². The van der Waals surface area contributed by atoms with Gasteiger partial charge in [-0.15, -0.1) is 0 Å². The molecule has 0 aliphatic carbocycles. The van der Waals surface area contributed by atoms with Crippen molar-refractivity contribution >= 4 is 17.0 Å². The van der Waals surface area contributed by atoms with Gasteiger partial charge in [0, 0.05) is 0 Å². The minimum atomic E-state index is -2.93. The van der Waals surface area contributed by atoms with Gasteiger partial charge in [0.15, 0.2) is 0 Å². The third-order valence-corrected chi connectivity index (χ3v) is 0.960. The van der Waals surface area contributed by atoms with E-state index in [4.69, 9.17) is 10.2 Å². The van der Waals surface area contributed by atoms with Gasteiger partial charge in [-0.2, -0.15) is 0 Å². The first-order valence-corrected chi connectivity index (χ1v) is 2.68. The number of aliphatic hydroxyl groups excluding tert-OH is 1. The molecule has 2 atom stereocenters. The van der Waals surface area contributed by atoms with Crippen LogP contribution >= 0.6 is 0 Å². The van der Waals surface area contributed by atoms with Gasteiger partial charge in [-0.3, -0.25) is 4.21 Å². The summed E-state index contributed by atoms with van der Waals surface area (Å²) in [7, 11) is 0. The molecule has 0 aromatic carbocycles. The Bertz CT molecular complexity index is 110. The number of carboxylic acid groups (broad SMARTS) is 1. The van der Waals surface area contributed by atoms with Gasteiger partial charge in [-0.05, 0) is 11.1 Å². The predicted molar refractivity (Wildman–Crippen MR) is 22.6 cm³/mol. The van der Waals surface area contributed by atoms with Gasteiger partial charge in [0.25, 0.3) is 0 Å². The van der Waals surface area contributed by atoms with Crippen molar-refractivity contribution in [2.45, 2.75) is 5.44 Å². The monoisotopic (exact) mass is 203 g/mol. The van der Waals surface area contributed by atoms with E-state index in [1.165, 1.54) is 0 Å². The van der Waals surface area contributed by atoms with Gasteiger partial charge >= 0.3 is 25.4 Å². The first kappa shape index (κ1) is 11.9. The van der Waals surface area contributed by atoms with Gasteiger partial charge in [-0.1, -0.05) is 0 Å².